The van der Waals surface area contributed by atoms with E-state index in [0.29, 0.717) is 4.32 Å². The number of carbonyl (C=O) groups excluding carboxylic acids is 1. The average Bonchev–Trinajstić information content (AvgIpc) is 3.11. The van der Waals surface area contributed by atoms with Crippen LogP contribution in [0.3, 0.4) is 0 Å². The van der Waals surface area contributed by atoms with Crippen molar-refractivity contribution in [2.24, 2.45) is 0 Å². The van der Waals surface area contributed by atoms with Crippen LogP contribution in [0.25, 0.3) is 5.57 Å². The molecule has 7 heteroatoms. The normalized spacial score (nSPS) is 20.2. The SMILES string of the molecule is Cc1cccc(C(C)(c2cc(C3=CCCC=C3)cc([N+](=O)[O-])c2)C2SC(=S)NC2=O)c1. The lowest BCUT2D eigenvalue weighted by Crippen LogP contribution is -2.41. The van der Waals surface area contributed by atoms with Crippen LogP contribution in [0.4, 0.5) is 5.69 Å². The number of nitrogens with one attached hydrogen (secondary N) is 1. The topological polar surface area (TPSA) is 72.2 Å². The maximum atomic E-state index is 12.9. The number of aryl methyl sites for hydroxylation is 1. The molecule has 2 aliphatic rings. The lowest BCUT2D eigenvalue weighted by Gasteiger charge is -2.35. The average molecular weight is 451 g/mol. The van der Waals surface area contributed by atoms with Crippen molar-refractivity contribution >= 4 is 45.5 Å². The number of non-ortho nitro benzene ring substituents is 1. The zero-order valence-corrected chi connectivity index (χ0v) is 18.9. The van der Waals surface area contributed by atoms with E-state index in [1.165, 1.54) is 11.8 Å². The number of benzene rings is 2. The number of thioether (sulfide) groups is 1. The van der Waals surface area contributed by atoms with E-state index in [4.69, 9.17) is 12.2 Å². The van der Waals surface area contributed by atoms with Crippen LogP contribution in [0.1, 0.15) is 42.0 Å². The zero-order valence-electron chi connectivity index (χ0n) is 17.3. The second-order valence-electron chi connectivity index (χ2n) is 8.01. The Morgan fingerprint density at radius 1 is 1.19 bits per heavy atom. The van der Waals surface area contributed by atoms with Gasteiger partial charge < -0.3 is 5.32 Å². The minimum absolute atomic E-state index is 0.0113. The van der Waals surface area contributed by atoms with E-state index < -0.39 is 10.7 Å². The van der Waals surface area contributed by atoms with Crippen molar-refractivity contribution in [3.63, 3.8) is 0 Å². The van der Waals surface area contributed by atoms with Crippen LogP contribution >= 0.6 is 24.0 Å². The molecule has 0 spiro atoms. The van der Waals surface area contributed by atoms with E-state index in [1.807, 2.05) is 50.3 Å². The molecule has 1 N–H and O–H groups in total. The molecule has 31 heavy (non-hydrogen) atoms. The third-order valence-electron chi connectivity index (χ3n) is 5.89. The van der Waals surface area contributed by atoms with Crippen LogP contribution < -0.4 is 5.32 Å². The summed E-state index contributed by atoms with van der Waals surface area (Å²) >= 11 is 6.57. The summed E-state index contributed by atoms with van der Waals surface area (Å²) in [5.41, 5.74) is 3.63. The number of amides is 1. The standard InChI is InChI=1S/C24H22N2O3S2/c1-15-7-6-10-18(11-15)24(2,21-22(27)25-23(30)31-21)19-12-17(13-20(14-19)26(28)29)16-8-4-3-5-9-16/h4,6-14,21H,3,5H2,1-2H3,(H,25,27,30). The molecule has 1 amide bonds. The summed E-state index contributed by atoms with van der Waals surface area (Å²) in [4.78, 5) is 24.3. The first kappa shape index (κ1) is 21.5. The fraction of sp³-hybridized carbons (Fsp3) is 0.250. The lowest BCUT2D eigenvalue weighted by atomic mass is 9.72. The number of hydrogen-bond acceptors (Lipinski definition) is 5. The summed E-state index contributed by atoms with van der Waals surface area (Å²) in [5, 5.41) is 14.0. The molecule has 0 aromatic heterocycles. The Balaban J connectivity index is 1.96. The number of nitrogens with zero attached hydrogens (tertiary/aromatic N) is 1. The van der Waals surface area contributed by atoms with Crippen LogP contribution in [0.15, 0.2) is 60.7 Å². The van der Waals surface area contributed by atoms with Gasteiger partial charge in [-0.2, -0.15) is 0 Å². The van der Waals surface area contributed by atoms with E-state index in [9.17, 15) is 14.9 Å². The molecule has 2 unspecified atom stereocenters. The Kier molecular flexibility index (Phi) is 5.81. The molecule has 1 aliphatic heterocycles. The van der Waals surface area contributed by atoms with Gasteiger partial charge in [-0.05, 0) is 55.0 Å². The third kappa shape index (κ3) is 4.07. The Morgan fingerprint density at radius 2 is 2.00 bits per heavy atom. The summed E-state index contributed by atoms with van der Waals surface area (Å²) in [5.74, 6) is -0.177. The zero-order chi connectivity index (χ0) is 22.2. The molecule has 0 saturated carbocycles. The largest absolute Gasteiger partial charge is 0.311 e. The van der Waals surface area contributed by atoms with E-state index >= 15 is 0 Å². The van der Waals surface area contributed by atoms with Crippen LogP contribution in [-0.4, -0.2) is 20.4 Å². The smallest absolute Gasteiger partial charge is 0.270 e. The van der Waals surface area contributed by atoms with Crippen LogP contribution in [0.5, 0.6) is 0 Å². The molecule has 1 saturated heterocycles. The fourth-order valence-electron chi connectivity index (χ4n) is 4.18. The second kappa shape index (κ2) is 8.40. The Hall–Kier alpha value is -2.77. The summed E-state index contributed by atoms with van der Waals surface area (Å²) in [7, 11) is 0. The van der Waals surface area contributed by atoms with Crippen molar-refractivity contribution in [3.8, 4) is 0 Å². The predicted octanol–water partition coefficient (Wildman–Crippen LogP) is 5.46. The summed E-state index contributed by atoms with van der Waals surface area (Å²) in [6.45, 7) is 3.97. The van der Waals surface area contributed by atoms with Gasteiger partial charge in [0, 0.05) is 17.5 Å². The Morgan fingerprint density at radius 3 is 2.61 bits per heavy atom. The van der Waals surface area contributed by atoms with Crippen molar-refractivity contribution < 1.29 is 9.72 Å². The number of rotatable bonds is 5. The van der Waals surface area contributed by atoms with Crippen molar-refractivity contribution in [2.75, 3.05) is 0 Å². The van der Waals surface area contributed by atoms with Crippen LogP contribution in [-0.2, 0) is 10.2 Å². The highest BCUT2D eigenvalue weighted by Crippen LogP contribution is 2.45. The van der Waals surface area contributed by atoms with Gasteiger partial charge >= 0.3 is 0 Å². The molecule has 0 radical (unpaired) electrons. The number of thiocarbonyl (C=S) groups is 1. The van der Waals surface area contributed by atoms with Crippen molar-refractivity contribution in [1.29, 1.82) is 0 Å². The molecule has 2 aromatic carbocycles. The van der Waals surface area contributed by atoms with Gasteiger partial charge in [-0.15, -0.1) is 0 Å². The fourth-order valence-corrected chi connectivity index (χ4v) is 5.62. The van der Waals surface area contributed by atoms with Gasteiger partial charge in [-0.1, -0.05) is 72.0 Å². The van der Waals surface area contributed by atoms with Crippen molar-refractivity contribution in [3.05, 3.63) is 93.1 Å². The van der Waals surface area contributed by atoms with Gasteiger partial charge in [0.2, 0.25) is 5.91 Å². The maximum absolute atomic E-state index is 12.9. The first-order valence-corrected chi connectivity index (χ1v) is 11.3. The van der Waals surface area contributed by atoms with E-state index in [2.05, 4.69) is 17.5 Å². The second-order valence-corrected chi connectivity index (χ2v) is 9.79. The van der Waals surface area contributed by atoms with Gasteiger partial charge in [0.25, 0.3) is 5.69 Å². The summed E-state index contributed by atoms with van der Waals surface area (Å²) in [6, 6.07) is 13.1. The minimum Gasteiger partial charge on any atom is -0.311 e. The minimum atomic E-state index is -0.818. The number of nitro benzene ring substituents is 1. The molecule has 4 rings (SSSR count). The summed E-state index contributed by atoms with van der Waals surface area (Å²) < 4.78 is 0.428. The molecule has 1 heterocycles. The van der Waals surface area contributed by atoms with Crippen molar-refractivity contribution in [1.82, 2.24) is 5.32 Å². The van der Waals surface area contributed by atoms with Gasteiger partial charge in [0.05, 0.1) is 4.92 Å². The molecule has 0 bridgehead atoms. The number of allylic oxidation sites excluding steroid dienone is 4. The molecule has 5 nitrogen and oxygen atoms in total. The molecular formula is C24H22N2O3S2. The van der Waals surface area contributed by atoms with Gasteiger partial charge in [-0.25, -0.2) is 0 Å². The maximum Gasteiger partial charge on any atom is 0.270 e. The molecule has 158 valence electrons. The quantitative estimate of drug-likeness (QED) is 0.372. The molecule has 1 aliphatic carbocycles. The van der Waals surface area contributed by atoms with Gasteiger partial charge in [0.15, 0.2) is 0 Å². The number of carbonyl (C=O) groups is 1. The Labute approximate surface area is 190 Å². The first-order valence-electron chi connectivity index (χ1n) is 10.0. The predicted molar refractivity (Wildman–Crippen MR) is 129 cm³/mol. The van der Waals surface area contributed by atoms with E-state index in [0.717, 1.165) is 40.7 Å². The monoisotopic (exact) mass is 450 g/mol. The highest BCUT2D eigenvalue weighted by atomic mass is 32.2. The number of nitro groups is 1. The molecular weight excluding hydrogens is 428 g/mol. The molecule has 2 aromatic rings. The summed E-state index contributed by atoms with van der Waals surface area (Å²) in [6.07, 6.45) is 8.03. The Bertz CT molecular complexity index is 1160. The van der Waals surface area contributed by atoms with E-state index in [-0.39, 0.29) is 16.5 Å². The van der Waals surface area contributed by atoms with Crippen LogP contribution in [0.2, 0.25) is 0 Å². The third-order valence-corrected chi connectivity index (χ3v) is 7.52. The molecule has 2 atom stereocenters. The number of hydrogen-bond donors (Lipinski definition) is 1. The van der Waals surface area contributed by atoms with Gasteiger partial charge in [0.1, 0.15) is 9.57 Å². The lowest BCUT2D eigenvalue weighted by molar-refractivity contribution is -0.385. The highest BCUT2D eigenvalue weighted by molar-refractivity contribution is 8.24. The first-order chi connectivity index (χ1) is 14.8. The van der Waals surface area contributed by atoms with E-state index in [1.54, 1.807) is 12.1 Å². The van der Waals surface area contributed by atoms with Gasteiger partial charge in [-0.3, -0.25) is 14.9 Å². The highest BCUT2D eigenvalue weighted by Gasteiger charge is 2.47. The van der Waals surface area contributed by atoms with Crippen molar-refractivity contribution in [2.45, 2.75) is 37.4 Å². The van der Waals surface area contributed by atoms with Crippen LogP contribution in [0, 0.1) is 17.0 Å². The molecule has 1 fully saturated rings.